The van der Waals surface area contributed by atoms with E-state index in [2.05, 4.69) is 94.6 Å². The topological polar surface area (TPSA) is 59.7 Å². The molecule has 0 amide bonds. The maximum absolute atomic E-state index is 5.46. The molecule has 214 valence electrons. The van der Waals surface area contributed by atoms with E-state index < -0.39 is 0 Å². The van der Waals surface area contributed by atoms with Crippen molar-refractivity contribution in [3.05, 3.63) is 66.2 Å². The molecule has 0 spiro atoms. The van der Waals surface area contributed by atoms with Gasteiger partial charge in [-0.05, 0) is 109 Å². The van der Waals surface area contributed by atoms with E-state index in [9.17, 15) is 0 Å². The summed E-state index contributed by atoms with van der Waals surface area (Å²) in [5.74, 6) is 1.01. The predicted octanol–water partition coefficient (Wildman–Crippen LogP) is 5.15. The molecule has 3 unspecified atom stereocenters. The summed E-state index contributed by atoms with van der Waals surface area (Å²) in [6, 6.07) is 0.197. The lowest BCUT2D eigenvalue weighted by Crippen LogP contribution is -2.24. The summed E-state index contributed by atoms with van der Waals surface area (Å²) in [7, 11) is 0. The summed E-state index contributed by atoms with van der Waals surface area (Å²) in [5.41, 5.74) is 12.4. The van der Waals surface area contributed by atoms with Crippen molar-refractivity contribution in [3.63, 3.8) is 0 Å². The zero-order valence-corrected chi connectivity index (χ0v) is 26.1. The van der Waals surface area contributed by atoms with Gasteiger partial charge in [0.05, 0.1) is 6.04 Å². The first-order chi connectivity index (χ1) is 19.5. The summed E-state index contributed by atoms with van der Waals surface area (Å²) >= 11 is 0. The third kappa shape index (κ3) is 4.67. The molecule has 4 nitrogen and oxygen atoms in total. The van der Waals surface area contributed by atoms with E-state index in [0.29, 0.717) is 11.8 Å². The quantitative estimate of drug-likeness (QED) is 0.355. The number of hydrogen-bond acceptors (Lipinski definition) is 1. The second kappa shape index (κ2) is 11.8. The number of nitrogens with one attached hydrogen (secondary N) is 3. The van der Waals surface area contributed by atoms with Gasteiger partial charge in [0.1, 0.15) is 0 Å². The van der Waals surface area contributed by atoms with Crippen LogP contribution in [-0.4, -0.2) is 26.7 Å². The zero-order valence-electron chi connectivity index (χ0n) is 26.1. The standard InChI is InChI=1S/C36H50N4/c1-9-21-22(10-2)30-18-32-25(13-5)26(14-6)34(39-32)20-36-28(16-8)27(15-7)35(40-36)19-33-24(12-4)23(11-3)31(38-33)17-29(21)37-30/h17-22,29,38-40H,9-16H2,1-8H3/b31-17-,32-18-,33-19-,34-20-. The number of nitrogens with zero attached hydrogens (tertiary/aromatic N) is 1. The first-order valence-corrected chi connectivity index (χ1v) is 16.1. The Bertz CT molecular complexity index is 1650. The van der Waals surface area contributed by atoms with Crippen LogP contribution < -0.4 is 21.4 Å². The van der Waals surface area contributed by atoms with Gasteiger partial charge in [0.2, 0.25) is 0 Å². The van der Waals surface area contributed by atoms with Crippen LogP contribution in [0.5, 0.6) is 0 Å². The predicted molar refractivity (Wildman–Crippen MR) is 172 cm³/mol. The van der Waals surface area contributed by atoms with Gasteiger partial charge in [-0.25, -0.2) is 0 Å². The van der Waals surface area contributed by atoms with Crippen molar-refractivity contribution in [3.8, 4) is 0 Å². The van der Waals surface area contributed by atoms with Crippen molar-refractivity contribution in [1.82, 2.24) is 15.0 Å². The number of fused-ring (bicyclic) bond motifs is 7. The van der Waals surface area contributed by atoms with Crippen LogP contribution in [0, 0.1) is 11.8 Å². The summed E-state index contributed by atoms with van der Waals surface area (Å²) in [6.45, 7) is 18.4. The van der Waals surface area contributed by atoms with Gasteiger partial charge in [-0.15, -0.1) is 0 Å². The molecule has 3 N–H and O–H groups in total. The van der Waals surface area contributed by atoms with Crippen LogP contribution >= 0.6 is 0 Å². The molecule has 0 fully saturated rings. The molecule has 0 aliphatic carbocycles. The van der Waals surface area contributed by atoms with Crippen molar-refractivity contribution in [2.75, 3.05) is 0 Å². The third-order valence-corrected chi connectivity index (χ3v) is 9.72. The monoisotopic (exact) mass is 538 g/mol. The van der Waals surface area contributed by atoms with Gasteiger partial charge >= 0.3 is 0 Å². The van der Waals surface area contributed by atoms with Crippen LogP contribution in [0.15, 0.2) is 4.99 Å². The normalized spacial score (nSPS) is 23.4. The maximum Gasteiger partial charge on any atom is 0.0740 e. The van der Waals surface area contributed by atoms with Crippen LogP contribution in [0.4, 0.5) is 0 Å². The molecule has 5 heterocycles. The molecule has 5 rings (SSSR count). The SMILES string of the molecule is CCc1c2[nH]c(c1CC)/C=c1\[nH]/c(c(CC)c1CC)=C\C1N=C(/C=c3\[nH]/c(c(CC)c3CC)=C\2)C(CC)C1CC. The fourth-order valence-electron chi connectivity index (χ4n) is 7.82. The largest absolute Gasteiger partial charge is 0.355 e. The van der Waals surface area contributed by atoms with E-state index in [1.807, 2.05) is 0 Å². The Labute approximate surface area is 240 Å². The highest BCUT2D eigenvalue weighted by molar-refractivity contribution is 6.13. The molecule has 40 heavy (non-hydrogen) atoms. The molecule has 8 bridgehead atoms. The maximum atomic E-state index is 5.46. The second-order valence-corrected chi connectivity index (χ2v) is 11.6. The van der Waals surface area contributed by atoms with Gasteiger partial charge in [-0.3, -0.25) is 4.99 Å². The van der Waals surface area contributed by atoms with Crippen molar-refractivity contribution in [2.24, 2.45) is 16.8 Å². The Kier molecular flexibility index (Phi) is 8.44. The van der Waals surface area contributed by atoms with E-state index in [1.165, 1.54) is 71.9 Å². The van der Waals surface area contributed by atoms with Crippen LogP contribution in [0.3, 0.4) is 0 Å². The summed E-state index contributed by atoms with van der Waals surface area (Å²) in [5, 5.41) is 5.02. The molecule has 0 saturated carbocycles. The fraction of sp³-hybridized carbons (Fsp3) is 0.528. The Morgan fingerprint density at radius 1 is 0.525 bits per heavy atom. The molecule has 0 radical (unpaired) electrons. The first-order valence-electron chi connectivity index (χ1n) is 16.1. The highest BCUT2D eigenvalue weighted by Crippen LogP contribution is 2.34. The minimum Gasteiger partial charge on any atom is -0.355 e. The molecule has 0 aromatic carbocycles. The first kappa shape index (κ1) is 28.5. The molecule has 4 heteroatoms. The summed E-state index contributed by atoms with van der Waals surface area (Å²) in [4.78, 5) is 17.1. The molecule has 2 aliphatic rings. The lowest BCUT2D eigenvalue weighted by Gasteiger charge is -2.20. The van der Waals surface area contributed by atoms with Crippen LogP contribution in [0.1, 0.15) is 113 Å². The minimum atomic E-state index is 0.197. The van der Waals surface area contributed by atoms with Gasteiger partial charge < -0.3 is 15.0 Å². The lowest BCUT2D eigenvalue weighted by atomic mass is 9.82. The van der Waals surface area contributed by atoms with E-state index in [0.717, 1.165) is 51.4 Å². The molecule has 3 atom stereocenters. The van der Waals surface area contributed by atoms with Crippen molar-refractivity contribution in [1.29, 1.82) is 0 Å². The number of hydrogen-bond donors (Lipinski definition) is 3. The number of aliphatic imine (C=N–C) groups is 1. The average molecular weight is 539 g/mol. The number of aromatic nitrogens is 3. The summed E-state index contributed by atoms with van der Waals surface area (Å²) in [6.07, 6.45) is 18.0. The molecule has 2 aliphatic heterocycles. The number of rotatable bonds is 8. The second-order valence-electron chi connectivity index (χ2n) is 11.6. The van der Waals surface area contributed by atoms with Crippen LogP contribution in [0.2, 0.25) is 0 Å². The van der Waals surface area contributed by atoms with E-state index in [1.54, 1.807) is 0 Å². The zero-order chi connectivity index (χ0) is 28.6. The highest BCUT2D eigenvalue weighted by Gasteiger charge is 2.34. The van der Waals surface area contributed by atoms with Crippen LogP contribution in [-0.2, 0) is 38.5 Å². The summed E-state index contributed by atoms with van der Waals surface area (Å²) < 4.78 is 0. The Balaban J connectivity index is 1.94. The van der Waals surface area contributed by atoms with E-state index in [-0.39, 0.29) is 6.04 Å². The Hall–Kier alpha value is -3.01. The molecule has 0 saturated heterocycles. The van der Waals surface area contributed by atoms with Gasteiger partial charge in [-0.2, -0.15) is 0 Å². The smallest absolute Gasteiger partial charge is 0.0740 e. The molecule has 3 aromatic heterocycles. The van der Waals surface area contributed by atoms with Crippen molar-refractivity contribution < 1.29 is 0 Å². The van der Waals surface area contributed by atoms with Crippen molar-refractivity contribution >= 4 is 30.0 Å². The molecular weight excluding hydrogens is 488 g/mol. The van der Waals surface area contributed by atoms with Gasteiger partial charge in [-0.1, -0.05) is 61.8 Å². The number of aromatic amines is 3. The van der Waals surface area contributed by atoms with Crippen LogP contribution in [0.25, 0.3) is 24.3 Å². The molecular formula is C36H50N4. The lowest BCUT2D eigenvalue weighted by molar-refractivity contribution is 0.403. The Morgan fingerprint density at radius 2 is 0.975 bits per heavy atom. The third-order valence-electron chi connectivity index (χ3n) is 9.72. The molecule has 3 aromatic rings. The van der Waals surface area contributed by atoms with Gasteiger partial charge in [0, 0.05) is 44.4 Å². The van der Waals surface area contributed by atoms with E-state index in [4.69, 9.17) is 4.99 Å². The minimum absolute atomic E-state index is 0.197. The van der Waals surface area contributed by atoms with Gasteiger partial charge in [0.25, 0.3) is 0 Å². The average Bonchev–Trinajstić information content (AvgIpc) is 3.67. The number of H-pyrrole nitrogens is 3. The highest BCUT2D eigenvalue weighted by atomic mass is 14.9. The van der Waals surface area contributed by atoms with E-state index >= 15 is 0 Å². The van der Waals surface area contributed by atoms with Gasteiger partial charge in [0.15, 0.2) is 0 Å². The Morgan fingerprint density at radius 3 is 1.43 bits per heavy atom. The van der Waals surface area contributed by atoms with Crippen molar-refractivity contribution in [2.45, 2.75) is 113 Å². The fourth-order valence-corrected chi connectivity index (χ4v) is 7.82.